The number of fused-ring (bicyclic) bond motifs is 1. The van der Waals surface area contributed by atoms with Crippen molar-refractivity contribution in [2.45, 2.75) is 11.4 Å². The lowest BCUT2D eigenvalue weighted by atomic mass is 10.1. The van der Waals surface area contributed by atoms with Crippen LogP contribution >= 0.6 is 0 Å². The van der Waals surface area contributed by atoms with Gasteiger partial charge in [-0.3, -0.25) is 9.69 Å². The highest BCUT2D eigenvalue weighted by atomic mass is 32.2. The molecule has 2 aromatic carbocycles. The molecule has 0 atom stereocenters. The van der Waals surface area contributed by atoms with Crippen LogP contribution in [0.4, 0.5) is 0 Å². The second kappa shape index (κ2) is 10.0. The van der Waals surface area contributed by atoms with Crippen molar-refractivity contribution in [3.05, 3.63) is 47.5 Å². The molecule has 1 amide bonds. The molecule has 0 unspecified atom stereocenters. The number of amides is 1. The molecule has 0 radical (unpaired) electrons. The second-order valence-electron chi connectivity index (χ2n) is 8.64. The Morgan fingerprint density at radius 1 is 0.943 bits per heavy atom. The molecule has 2 aromatic rings. The topological polar surface area (TPSA) is 97.8 Å². The van der Waals surface area contributed by atoms with Gasteiger partial charge < -0.3 is 23.8 Å². The Hall–Kier alpha value is -2.86. The summed E-state index contributed by atoms with van der Waals surface area (Å²) in [7, 11) is -2.38. The van der Waals surface area contributed by atoms with Crippen molar-refractivity contribution in [2.75, 3.05) is 66.4 Å². The third kappa shape index (κ3) is 4.94. The van der Waals surface area contributed by atoms with Crippen molar-refractivity contribution in [3.63, 3.8) is 0 Å². The summed E-state index contributed by atoms with van der Waals surface area (Å²) in [6, 6.07) is 10.6. The van der Waals surface area contributed by atoms with E-state index >= 15 is 0 Å². The number of carbonyl (C=O) groups is 1. The summed E-state index contributed by atoms with van der Waals surface area (Å²) in [4.78, 5) is 17.3. The minimum atomic E-state index is -3.81. The van der Waals surface area contributed by atoms with E-state index in [9.17, 15) is 13.2 Å². The summed E-state index contributed by atoms with van der Waals surface area (Å²) in [6.45, 7) is 4.79. The molecular formula is C24H29N3O7S. The number of rotatable bonds is 6. The van der Waals surface area contributed by atoms with Crippen molar-refractivity contribution in [3.8, 4) is 17.2 Å². The van der Waals surface area contributed by atoms with Crippen LogP contribution in [0.3, 0.4) is 0 Å². The highest BCUT2D eigenvalue weighted by molar-refractivity contribution is 7.89. The van der Waals surface area contributed by atoms with Gasteiger partial charge in [-0.15, -0.1) is 0 Å². The van der Waals surface area contributed by atoms with Gasteiger partial charge in [-0.2, -0.15) is 4.31 Å². The third-order valence-electron chi connectivity index (χ3n) is 6.50. The van der Waals surface area contributed by atoms with Gasteiger partial charge in [0.05, 0.1) is 20.3 Å². The Bertz CT molecular complexity index is 1190. The van der Waals surface area contributed by atoms with Crippen LogP contribution in [0.15, 0.2) is 41.3 Å². The predicted molar refractivity (Wildman–Crippen MR) is 126 cm³/mol. The van der Waals surface area contributed by atoms with Gasteiger partial charge in [-0.25, -0.2) is 8.42 Å². The van der Waals surface area contributed by atoms with Gasteiger partial charge in [0, 0.05) is 51.4 Å². The maximum Gasteiger partial charge on any atom is 0.253 e. The average molecular weight is 504 g/mol. The number of nitrogens with zero attached hydrogens (tertiary/aromatic N) is 3. The van der Waals surface area contributed by atoms with Crippen LogP contribution in [0, 0.1) is 0 Å². The largest absolute Gasteiger partial charge is 0.495 e. The molecule has 11 heteroatoms. The number of hydrogen-bond acceptors (Lipinski definition) is 8. The zero-order valence-corrected chi connectivity index (χ0v) is 20.5. The Morgan fingerprint density at radius 3 is 2.43 bits per heavy atom. The average Bonchev–Trinajstić information content (AvgIpc) is 3.37. The lowest BCUT2D eigenvalue weighted by Crippen LogP contribution is -2.48. The fourth-order valence-electron chi connectivity index (χ4n) is 4.53. The molecule has 35 heavy (non-hydrogen) atoms. The van der Waals surface area contributed by atoms with Crippen molar-refractivity contribution in [1.82, 2.24) is 14.1 Å². The summed E-state index contributed by atoms with van der Waals surface area (Å²) in [5.41, 5.74) is 1.46. The van der Waals surface area contributed by atoms with Gasteiger partial charge in [0.1, 0.15) is 10.6 Å². The Kier molecular flexibility index (Phi) is 6.83. The summed E-state index contributed by atoms with van der Waals surface area (Å²) in [6.07, 6.45) is 0. The van der Waals surface area contributed by atoms with Crippen LogP contribution in [-0.2, 0) is 21.3 Å². The van der Waals surface area contributed by atoms with Crippen molar-refractivity contribution >= 4 is 15.9 Å². The summed E-state index contributed by atoms with van der Waals surface area (Å²) >= 11 is 0. The maximum atomic E-state index is 13.3. The van der Waals surface area contributed by atoms with Gasteiger partial charge >= 0.3 is 0 Å². The van der Waals surface area contributed by atoms with Crippen LogP contribution in [0.25, 0.3) is 0 Å². The first-order chi connectivity index (χ1) is 17.0. The van der Waals surface area contributed by atoms with E-state index in [4.69, 9.17) is 18.9 Å². The smallest absolute Gasteiger partial charge is 0.253 e. The number of sulfonamides is 1. The molecule has 3 aliphatic heterocycles. The van der Waals surface area contributed by atoms with E-state index in [1.165, 1.54) is 17.5 Å². The quantitative estimate of drug-likeness (QED) is 0.584. The Morgan fingerprint density at radius 2 is 1.69 bits per heavy atom. The van der Waals surface area contributed by atoms with E-state index in [1.54, 1.807) is 17.0 Å². The predicted octanol–water partition coefficient (Wildman–Crippen LogP) is 1.40. The zero-order chi connectivity index (χ0) is 24.4. The Labute approximate surface area is 205 Å². The van der Waals surface area contributed by atoms with Crippen LogP contribution in [0.5, 0.6) is 17.2 Å². The molecule has 0 bridgehead atoms. The minimum Gasteiger partial charge on any atom is -0.495 e. The van der Waals surface area contributed by atoms with Gasteiger partial charge in [-0.1, -0.05) is 6.07 Å². The molecule has 0 N–H and O–H groups in total. The van der Waals surface area contributed by atoms with Crippen LogP contribution < -0.4 is 14.2 Å². The van der Waals surface area contributed by atoms with Gasteiger partial charge in [0.25, 0.3) is 5.91 Å². The third-order valence-corrected chi connectivity index (χ3v) is 8.42. The molecule has 0 spiro atoms. The normalized spacial score (nSPS) is 19.1. The first-order valence-corrected chi connectivity index (χ1v) is 13.1. The molecule has 188 valence electrons. The lowest BCUT2D eigenvalue weighted by molar-refractivity contribution is 0.0628. The molecule has 3 heterocycles. The summed E-state index contributed by atoms with van der Waals surface area (Å²) in [5, 5.41) is 0. The first-order valence-electron chi connectivity index (χ1n) is 11.6. The standard InChI is InChI=1S/C24H29N3O7S/c1-31-21-5-3-19(15-23(21)35(29,30)27-10-12-32-13-11-27)24(28)26-8-6-25(7-9-26)16-18-2-4-20-22(14-18)34-17-33-20/h2-5,14-15H,6-13,16-17H2,1H3. The molecule has 0 aliphatic carbocycles. The number of methoxy groups -OCH3 is 1. The van der Waals surface area contributed by atoms with Crippen LogP contribution in [0.2, 0.25) is 0 Å². The SMILES string of the molecule is COc1ccc(C(=O)N2CCN(Cc3ccc4c(c3)OCO4)CC2)cc1S(=O)(=O)N1CCOCC1. The summed E-state index contributed by atoms with van der Waals surface area (Å²) in [5.74, 6) is 1.56. The molecule has 10 nitrogen and oxygen atoms in total. The van der Waals surface area contributed by atoms with Crippen molar-refractivity contribution in [1.29, 1.82) is 0 Å². The number of hydrogen-bond donors (Lipinski definition) is 0. The van der Waals surface area contributed by atoms with E-state index < -0.39 is 10.0 Å². The van der Waals surface area contributed by atoms with E-state index in [2.05, 4.69) is 4.90 Å². The zero-order valence-electron chi connectivity index (χ0n) is 19.6. The number of morpholine rings is 1. The fraction of sp³-hybridized carbons (Fsp3) is 0.458. The maximum absolute atomic E-state index is 13.3. The lowest BCUT2D eigenvalue weighted by Gasteiger charge is -2.35. The van der Waals surface area contributed by atoms with E-state index in [1.807, 2.05) is 18.2 Å². The molecule has 2 saturated heterocycles. The second-order valence-corrected chi connectivity index (χ2v) is 10.5. The van der Waals surface area contributed by atoms with Crippen molar-refractivity contribution < 1.29 is 32.2 Å². The molecule has 2 fully saturated rings. The number of piperazine rings is 1. The van der Waals surface area contributed by atoms with Crippen molar-refractivity contribution in [2.24, 2.45) is 0 Å². The van der Waals surface area contributed by atoms with E-state index in [0.717, 1.165) is 36.7 Å². The van der Waals surface area contributed by atoms with Gasteiger partial charge in [0.15, 0.2) is 11.5 Å². The van der Waals surface area contributed by atoms with Crippen LogP contribution in [-0.4, -0.2) is 94.8 Å². The number of benzene rings is 2. The molecule has 3 aliphatic rings. The monoisotopic (exact) mass is 503 g/mol. The van der Waals surface area contributed by atoms with E-state index in [0.29, 0.717) is 31.9 Å². The highest BCUT2D eigenvalue weighted by Crippen LogP contribution is 2.33. The molecular weight excluding hydrogens is 474 g/mol. The van der Waals surface area contributed by atoms with Gasteiger partial charge in [-0.05, 0) is 35.9 Å². The van der Waals surface area contributed by atoms with Crippen LogP contribution in [0.1, 0.15) is 15.9 Å². The number of carbonyl (C=O) groups excluding carboxylic acids is 1. The number of ether oxygens (including phenoxy) is 4. The van der Waals surface area contributed by atoms with Gasteiger partial charge in [0.2, 0.25) is 16.8 Å². The molecule has 0 saturated carbocycles. The first kappa shape index (κ1) is 23.9. The molecule has 0 aromatic heterocycles. The van der Waals surface area contributed by atoms with E-state index in [-0.39, 0.29) is 36.4 Å². The fourth-order valence-corrected chi connectivity index (χ4v) is 6.12. The summed E-state index contributed by atoms with van der Waals surface area (Å²) < 4.78 is 49.3. The minimum absolute atomic E-state index is 0.00851. The molecule has 5 rings (SSSR count). The highest BCUT2D eigenvalue weighted by Gasteiger charge is 2.31. The Balaban J connectivity index is 1.25.